The van der Waals surface area contributed by atoms with Crippen LogP contribution < -0.4 is 16.1 Å². The van der Waals surface area contributed by atoms with Gasteiger partial charge in [-0.25, -0.2) is 4.79 Å². The third-order valence-electron chi connectivity index (χ3n) is 3.53. The Bertz CT molecular complexity index is 941. The van der Waals surface area contributed by atoms with Crippen LogP contribution in [-0.4, -0.2) is 0 Å². The molecule has 0 saturated heterocycles. The summed E-state index contributed by atoms with van der Waals surface area (Å²) in [7, 11) is 0. The second-order valence-corrected chi connectivity index (χ2v) is 5.86. The van der Waals surface area contributed by atoms with E-state index >= 15 is 0 Å². The van der Waals surface area contributed by atoms with E-state index in [1.165, 1.54) is 6.07 Å². The predicted molar refractivity (Wildman–Crippen MR) is 85.5 cm³/mol. The minimum Gasteiger partial charge on any atom is -0.440 e. The Morgan fingerprint density at radius 3 is 2.70 bits per heavy atom. The van der Waals surface area contributed by atoms with E-state index < -0.39 is 11.5 Å². The Kier molecular flexibility index (Phi) is 3.80. The lowest BCUT2D eigenvalue weighted by Gasteiger charge is -2.25. The van der Waals surface area contributed by atoms with Crippen molar-refractivity contribution in [1.29, 1.82) is 5.26 Å². The molecule has 116 valence electrons. The number of nitrogens with two attached hydrogens (primary N) is 1. The minimum atomic E-state index is -0.773. The van der Waals surface area contributed by atoms with Gasteiger partial charge in [0.05, 0.1) is 11.5 Å². The third-order valence-corrected chi connectivity index (χ3v) is 4.09. The van der Waals surface area contributed by atoms with Crippen molar-refractivity contribution in [1.82, 2.24) is 0 Å². The van der Waals surface area contributed by atoms with E-state index in [0.717, 1.165) is 0 Å². The van der Waals surface area contributed by atoms with Crippen molar-refractivity contribution < 1.29 is 9.15 Å². The summed E-state index contributed by atoms with van der Waals surface area (Å²) >= 11 is 12.2. The first-order valence-electron chi connectivity index (χ1n) is 6.59. The average Bonchev–Trinajstić information content (AvgIpc) is 2.45. The molecule has 2 heterocycles. The SMILES string of the molecule is Cc1cc2c(c(=O)o1)[C@@H](c1ccc(Cl)cc1Cl)C(C#N)=C(N)O2. The molecule has 0 bridgehead atoms. The van der Waals surface area contributed by atoms with Gasteiger partial charge in [-0.1, -0.05) is 29.3 Å². The van der Waals surface area contributed by atoms with Crippen molar-refractivity contribution in [3.05, 3.63) is 73.1 Å². The van der Waals surface area contributed by atoms with Gasteiger partial charge in [-0.2, -0.15) is 5.26 Å². The molecule has 1 aliphatic heterocycles. The van der Waals surface area contributed by atoms with Gasteiger partial charge < -0.3 is 14.9 Å². The van der Waals surface area contributed by atoms with E-state index in [1.54, 1.807) is 25.1 Å². The molecule has 5 nitrogen and oxygen atoms in total. The number of benzene rings is 1. The Morgan fingerprint density at radius 2 is 2.04 bits per heavy atom. The van der Waals surface area contributed by atoms with Gasteiger partial charge in [-0.3, -0.25) is 0 Å². The lowest BCUT2D eigenvalue weighted by atomic mass is 9.84. The number of nitrogens with zero attached hydrogens (tertiary/aromatic N) is 1. The number of ether oxygens (including phenoxy) is 1. The first-order chi connectivity index (χ1) is 10.9. The van der Waals surface area contributed by atoms with Gasteiger partial charge in [-0.05, 0) is 24.6 Å². The maximum atomic E-state index is 12.3. The van der Waals surface area contributed by atoms with Crippen molar-refractivity contribution in [3.63, 3.8) is 0 Å². The van der Waals surface area contributed by atoms with E-state index in [9.17, 15) is 10.1 Å². The summed E-state index contributed by atoms with van der Waals surface area (Å²) in [6, 6.07) is 8.34. The van der Waals surface area contributed by atoms with Crippen molar-refractivity contribution >= 4 is 23.2 Å². The molecule has 2 aromatic rings. The van der Waals surface area contributed by atoms with E-state index in [1.807, 2.05) is 6.07 Å². The quantitative estimate of drug-likeness (QED) is 0.851. The first-order valence-corrected chi connectivity index (χ1v) is 7.35. The molecule has 0 aliphatic carbocycles. The van der Waals surface area contributed by atoms with Crippen molar-refractivity contribution in [2.45, 2.75) is 12.8 Å². The van der Waals surface area contributed by atoms with Gasteiger partial charge in [0.25, 0.3) is 0 Å². The summed E-state index contributed by atoms with van der Waals surface area (Å²) in [5.41, 5.74) is 6.05. The summed E-state index contributed by atoms with van der Waals surface area (Å²) < 4.78 is 10.6. The van der Waals surface area contributed by atoms with Gasteiger partial charge in [0.1, 0.15) is 23.2 Å². The monoisotopic (exact) mass is 348 g/mol. The molecule has 2 N–H and O–H groups in total. The molecule has 1 aliphatic rings. The number of fused-ring (bicyclic) bond motifs is 1. The molecule has 0 amide bonds. The smallest absolute Gasteiger partial charge is 0.343 e. The summed E-state index contributed by atoms with van der Waals surface area (Å²) in [4.78, 5) is 12.3. The summed E-state index contributed by atoms with van der Waals surface area (Å²) in [5, 5.41) is 10.2. The maximum absolute atomic E-state index is 12.3. The van der Waals surface area contributed by atoms with Crippen LogP contribution in [0.4, 0.5) is 0 Å². The fourth-order valence-corrected chi connectivity index (χ4v) is 3.08. The Morgan fingerprint density at radius 1 is 1.30 bits per heavy atom. The first kappa shape index (κ1) is 15.5. The van der Waals surface area contributed by atoms with E-state index in [0.29, 0.717) is 21.4 Å². The van der Waals surface area contributed by atoms with Crippen LogP contribution >= 0.6 is 23.2 Å². The zero-order valence-electron chi connectivity index (χ0n) is 11.9. The molecule has 0 saturated carbocycles. The van der Waals surface area contributed by atoms with Crippen LogP contribution in [0.15, 0.2) is 44.9 Å². The molecular weight excluding hydrogens is 339 g/mol. The number of rotatable bonds is 1. The fourth-order valence-electron chi connectivity index (χ4n) is 2.56. The average molecular weight is 349 g/mol. The minimum absolute atomic E-state index is 0.0685. The second-order valence-electron chi connectivity index (χ2n) is 5.01. The van der Waals surface area contributed by atoms with Crippen LogP contribution in [0.2, 0.25) is 10.0 Å². The van der Waals surface area contributed by atoms with Crippen molar-refractivity contribution in [2.75, 3.05) is 0 Å². The Hall–Kier alpha value is -2.42. The highest BCUT2D eigenvalue weighted by atomic mass is 35.5. The second kappa shape index (κ2) is 5.65. The van der Waals surface area contributed by atoms with Crippen molar-refractivity contribution in [2.24, 2.45) is 5.73 Å². The predicted octanol–water partition coefficient (Wildman–Crippen LogP) is 3.47. The van der Waals surface area contributed by atoms with Crippen LogP contribution in [0.5, 0.6) is 5.75 Å². The van der Waals surface area contributed by atoms with E-state index in [2.05, 4.69) is 0 Å². The molecule has 1 atom stereocenters. The highest BCUT2D eigenvalue weighted by molar-refractivity contribution is 6.35. The Balaban J connectivity index is 2.34. The highest BCUT2D eigenvalue weighted by Gasteiger charge is 2.35. The van der Waals surface area contributed by atoms with Crippen LogP contribution in [0, 0.1) is 18.3 Å². The molecule has 0 fully saturated rings. The number of hydrogen-bond donors (Lipinski definition) is 1. The van der Waals surface area contributed by atoms with Gasteiger partial charge in [0.15, 0.2) is 0 Å². The number of aryl methyl sites for hydroxylation is 1. The standard InChI is InChI=1S/C16H10Cl2N2O3/c1-7-4-12-14(16(21)22-7)13(10(6-19)15(20)23-12)9-3-2-8(17)5-11(9)18/h2-5,13H,20H2,1H3/t13-/m0/s1. The lowest BCUT2D eigenvalue weighted by Crippen LogP contribution is -2.26. The Labute approximate surface area is 141 Å². The number of hydrogen-bond acceptors (Lipinski definition) is 5. The summed E-state index contributed by atoms with van der Waals surface area (Å²) in [6.07, 6.45) is 0. The topological polar surface area (TPSA) is 89.2 Å². The van der Waals surface area contributed by atoms with Gasteiger partial charge in [0.2, 0.25) is 5.88 Å². The zero-order chi connectivity index (χ0) is 16.7. The molecule has 1 aromatic carbocycles. The molecule has 0 unspecified atom stereocenters. The molecular formula is C16H10Cl2N2O3. The maximum Gasteiger partial charge on any atom is 0.343 e. The van der Waals surface area contributed by atoms with Crippen LogP contribution in [0.25, 0.3) is 0 Å². The number of nitriles is 1. The fraction of sp³-hybridized carbons (Fsp3) is 0.125. The summed E-state index contributed by atoms with van der Waals surface area (Å²) in [5.74, 6) is -0.208. The number of halogens is 2. The van der Waals surface area contributed by atoms with Crippen molar-refractivity contribution in [3.8, 4) is 11.8 Å². The molecule has 7 heteroatoms. The van der Waals surface area contributed by atoms with E-state index in [-0.39, 0.29) is 22.8 Å². The normalized spacial score (nSPS) is 16.5. The van der Waals surface area contributed by atoms with Gasteiger partial charge in [0, 0.05) is 16.1 Å². The molecule has 23 heavy (non-hydrogen) atoms. The van der Waals surface area contributed by atoms with Crippen LogP contribution in [0.1, 0.15) is 22.8 Å². The van der Waals surface area contributed by atoms with Crippen LogP contribution in [0.3, 0.4) is 0 Å². The number of allylic oxidation sites excluding steroid dienone is 1. The molecule has 1 aromatic heterocycles. The summed E-state index contributed by atoms with van der Waals surface area (Å²) in [6.45, 7) is 1.62. The molecule has 3 rings (SSSR count). The van der Waals surface area contributed by atoms with Crippen LogP contribution in [-0.2, 0) is 0 Å². The van der Waals surface area contributed by atoms with Gasteiger partial charge in [-0.15, -0.1) is 0 Å². The lowest BCUT2D eigenvalue weighted by molar-refractivity contribution is 0.371. The van der Waals surface area contributed by atoms with Gasteiger partial charge >= 0.3 is 5.63 Å². The largest absolute Gasteiger partial charge is 0.440 e. The zero-order valence-corrected chi connectivity index (χ0v) is 13.4. The molecule has 0 spiro atoms. The van der Waals surface area contributed by atoms with E-state index in [4.69, 9.17) is 38.1 Å². The molecule has 0 radical (unpaired) electrons. The highest BCUT2D eigenvalue weighted by Crippen LogP contribution is 2.43. The third kappa shape index (κ3) is 2.56.